The van der Waals surface area contributed by atoms with Crippen LogP contribution in [-0.2, 0) is 17.5 Å². The summed E-state index contributed by atoms with van der Waals surface area (Å²) in [6.45, 7) is 2.63. The third-order valence-electron chi connectivity index (χ3n) is 3.49. The smallest absolute Gasteiger partial charge is 0.368 e. The number of amides is 2. The molecule has 0 saturated carbocycles. The molecule has 0 fully saturated rings. The maximum Gasteiger partial charge on any atom is 0.419 e. The van der Waals surface area contributed by atoms with Gasteiger partial charge in [-0.3, -0.25) is 9.59 Å². The molecule has 0 aliphatic rings. The van der Waals surface area contributed by atoms with Crippen LogP contribution in [0.5, 0.6) is 0 Å². The van der Waals surface area contributed by atoms with E-state index < -0.39 is 34.9 Å². The van der Waals surface area contributed by atoms with Gasteiger partial charge in [0.25, 0.3) is 5.91 Å². The van der Waals surface area contributed by atoms with E-state index in [4.69, 9.17) is 5.73 Å². The zero-order valence-corrected chi connectivity index (χ0v) is 13.8. The molecule has 26 heavy (non-hydrogen) atoms. The lowest BCUT2D eigenvalue weighted by Gasteiger charge is -2.21. The Kier molecular flexibility index (Phi) is 5.01. The largest absolute Gasteiger partial charge is 0.419 e. The zero-order valence-electron chi connectivity index (χ0n) is 13.8. The number of rotatable bonds is 5. The molecule has 0 saturated heterocycles. The highest BCUT2D eigenvalue weighted by atomic mass is 19.4. The molecule has 2 aromatic rings. The Hall–Kier alpha value is -2.98. The van der Waals surface area contributed by atoms with Crippen LogP contribution >= 0.6 is 0 Å². The van der Waals surface area contributed by atoms with Crippen LogP contribution in [0.3, 0.4) is 0 Å². The van der Waals surface area contributed by atoms with Gasteiger partial charge in [0.1, 0.15) is 11.4 Å². The number of carbonyl (C=O) groups excluding carboxylic acids is 2. The summed E-state index contributed by atoms with van der Waals surface area (Å²) in [6, 6.07) is 2.53. The van der Waals surface area contributed by atoms with E-state index in [0.717, 1.165) is 4.68 Å². The van der Waals surface area contributed by atoms with Gasteiger partial charge < -0.3 is 11.1 Å². The van der Waals surface area contributed by atoms with Crippen molar-refractivity contribution < 1.29 is 27.2 Å². The minimum Gasteiger partial charge on any atom is -0.368 e. The quantitative estimate of drug-likeness (QED) is 0.775. The first-order valence-electron chi connectivity index (χ1n) is 7.28. The third-order valence-corrected chi connectivity index (χ3v) is 3.49. The lowest BCUT2D eigenvalue weighted by molar-refractivity contribution is -0.140. The summed E-state index contributed by atoms with van der Waals surface area (Å²) in [6.07, 6.45) is -3.64. The summed E-state index contributed by atoms with van der Waals surface area (Å²) in [5, 5.41) is 9.59. The molecule has 1 heterocycles. The fraction of sp³-hybridized carbons (Fsp3) is 0.333. The monoisotopic (exact) mass is 373 g/mol. The van der Waals surface area contributed by atoms with Crippen LogP contribution in [0.1, 0.15) is 35.5 Å². The molecule has 11 heteroatoms. The molecule has 0 atom stereocenters. The highest BCUT2D eigenvalue weighted by molar-refractivity contribution is 5.97. The molecule has 0 unspecified atom stereocenters. The standard InChI is InChI=1S/C15H15F4N5O2/c1-14(2,13(20)26)21-12(25)11-7-24(23-22-11)6-8-3-4-10(16)9(5-8)15(17,18)19/h3-5,7H,6H2,1-2H3,(H2,20,26)(H,21,25). The summed E-state index contributed by atoms with van der Waals surface area (Å²) in [7, 11) is 0. The van der Waals surface area contributed by atoms with Crippen LogP contribution in [-0.4, -0.2) is 32.3 Å². The normalized spacial score (nSPS) is 12.1. The molecular weight excluding hydrogens is 358 g/mol. The number of hydrogen-bond donors (Lipinski definition) is 2. The Morgan fingerprint density at radius 1 is 1.27 bits per heavy atom. The first-order valence-corrected chi connectivity index (χ1v) is 7.28. The molecular formula is C15H15F4N5O2. The molecule has 0 spiro atoms. The van der Waals surface area contributed by atoms with E-state index in [2.05, 4.69) is 15.6 Å². The van der Waals surface area contributed by atoms with Crippen molar-refractivity contribution in [3.05, 3.63) is 47.0 Å². The van der Waals surface area contributed by atoms with E-state index in [0.29, 0.717) is 12.1 Å². The van der Waals surface area contributed by atoms with Crippen molar-refractivity contribution >= 4 is 11.8 Å². The second-order valence-corrected chi connectivity index (χ2v) is 6.06. The highest BCUT2D eigenvalue weighted by Crippen LogP contribution is 2.32. The topological polar surface area (TPSA) is 103 Å². The molecule has 7 nitrogen and oxygen atoms in total. The van der Waals surface area contributed by atoms with Gasteiger partial charge in [-0.25, -0.2) is 9.07 Å². The molecule has 1 aromatic carbocycles. The molecule has 140 valence electrons. The number of carbonyl (C=O) groups is 2. The number of hydrogen-bond acceptors (Lipinski definition) is 4. The molecule has 0 aliphatic carbocycles. The number of halogens is 4. The molecule has 3 N–H and O–H groups in total. The van der Waals surface area contributed by atoms with E-state index >= 15 is 0 Å². The van der Waals surface area contributed by atoms with Crippen molar-refractivity contribution in [3.8, 4) is 0 Å². The lowest BCUT2D eigenvalue weighted by atomic mass is 10.1. The van der Waals surface area contributed by atoms with Gasteiger partial charge in [-0.05, 0) is 31.5 Å². The third kappa shape index (κ3) is 4.35. The van der Waals surface area contributed by atoms with Crippen LogP contribution < -0.4 is 11.1 Å². The van der Waals surface area contributed by atoms with Crippen molar-refractivity contribution in [1.29, 1.82) is 0 Å². The van der Waals surface area contributed by atoms with Crippen molar-refractivity contribution in [3.63, 3.8) is 0 Å². The Balaban J connectivity index is 2.16. The average molecular weight is 373 g/mol. The predicted molar refractivity (Wildman–Crippen MR) is 81.3 cm³/mol. The van der Waals surface area contributed by atoms with Crippen molar-refractivity contribution in [2.24, 2.45) is 5.73 Å². The van der Waals surface area contributed by atoms with Gasteiger partial charge in [0, 0.05) is 0 Å². The molecule has 2 amide bonds. The van der Waals surface area contributed by atoms with Crippen LogP contribution in [0.4, 0.5) is 17.6 Å². The summed E-state index contributed by atoms with van der Waals surface area (Å²) < 4.78 is 52.6. The molecule has 1 aromatic heterocycles. The number of nitrogens with zero attached hydrogens (tertiary/aromatic N) is 3. The van der Waals surface area contributed by atoms with Gasteiger partial charge in [-0.1, -0.05) is 11.3 Å². The second kappa shape index (κ2) is 6.73. The van der Waals surface area contributed by atoms with Crippen LogP contribution in [0.2, 0.25) is 0 Å². The zero-order chi connectivity index (χ0) is 19.7. The van der Waals surface area contributed by atoms with Gasteiger partial charge in [0.15, 0.2) is 5.69 Å². The number of nitrogens with one attached hydrogen (secondary N) is 1. The number of aromatic nitrogens is 3. The summed E-state index contributed by atoms with van der Waals surface area (Å²) >= 11 is 0. The van der Waals surface area contributed by atoms with Crippen LogP contribution in [0.15, 0.2) is 24.4 Å². The lowest BCUT2D eigenvalue weighted by Crippen LogP contribution is -2.53. The maximum atomic E-state index is 13.3. The number of benzene rings is 1. The van der Waals surface area contributed by atoms with Gasteiger partial charge in [-0.2, -0.15) is 13.2 Å². The minimum absolute atomic E-state index is 0.119. The molecule has 0 bridgehead atoms. The number of primary amides is 1. The first-order chi connectivity index (χ1) is 11.9. The van der Waals surface area contributed by atoms with Crippen molar-refractivity contribution in [1.82, 2.24) is 20.3 Å². The second-order valence-electron chi connectivity index (χ2n) is 6.06. The maximum absolute atomic E-state index is 13.3. The Morgan fingerprint density at radius 2 is 1.92 bits per heavy atom. The minimum atomic E-state index is -4.83. The Bertz CT molecular complexity index is 845. The Labute approximate surface area is 145 Å². The molecule has 2 rings (SSSR count). The van der Waals surface area contributed by atoms with Crippen molar-refractivity contribution in [2.45, 2.75) is 32.1 Å². The van der Waals surface area contributed by atoms with E-state index in [9.17, 15) is 27.2 Å². The SMILES string of the molecule is CC(C)(NC(=O)c1cn(Cc2ccc(F)c(C(F)(F)F)c2)nn1)C(N)=O. The van der Waals surface area contributed by atoms with Crippen LogP contribution in [0, 0.1) is 5.82 Å². The Morgan fingerprint density at radius 3 is 2.50 bits per heavy atom. The van der Waals surface area contributed by atoms with E-state index in [1.54, 1.807) is 0 Å². The predicted octanol–water partition coefficient (Wildman–Crippen LogP) is 1.48. The number of alkyl halides is 3. The van der Waals surface area contributed by atoms with Gasteiger partial charge in [0.2, 0.25) is 5.91 Å². The summed E-state index contributed by atoms with van der Waals surface area (Å²) in [5.41, 5.74) is 2.40. The van der Waals surface area contributed by atoms with E-state index in [-0.39, 0.29) is 17.8 Å². The van der Waals surface area contributed by atoms with E-state index in [1.165, 1.54) is 26.1 Å². The summed E-state index contributed by atoms with van der Waals surface area (Å²) in [4.78, 5) is 23.2. The van der Waals surface area contributed by atoms with Crippen molar-refractivity contribution in [2.75, 3.05) is 0 Å². The van der Waals surface area contributed by atoms with Gasteiger partial charge in [-0.15, -0.1) is 5.10 Å². The molecule has 0 aliphatic heterocycles. The van der Waals surface area contributed by atoms with Gasteiger partial charge >= 0.3 is 6.18 Å². The summed E-state index contributed by atoms with van der Waals surface area (Å²) in [5.74, 6) is -2.87. The number of nitrogens with two attached hydrogens (primary N) is 1. The van der Waals surface area contributed by atoms with E-state index in [1.807, 2.05) is 0 Å². The van der Waals surface area contributed by atoms with Crippen LogP contribution in [0.25, 0.3) is 0 Å². The average Bonchev–Trinajstić information content (AvgIpc) is 2.96. The fourth-order valence-corrected chi connectivity index (χ4v) is 1.96. The molecule has 0 radical (unpaired) electrons. The first kappa shape index (κ1) is 19.3. The van der Waals surface area contributed by atoms with Gasteiger partial charge in [0.05, 0.1) is 18.3 Å². The highest BCUT2D eigenvalue weighted by Gasteiger charge is 2.34. The fourth-order valence-electron chi connectivity index (χ4n) is 1.96.